The van der Waals surface area contributed by atoms with E-state index in [4.69, 9.17) is 22.1 Å². The zero-order chi connectivity index (χ0) is 13.0. The number of benzene rings is 1. The summed E-state index contributed by atoms with van der Waals surface area (Å²) in [5.74, 6) is 0.702. The zero-order valence-corrected chi connectivity index (χ0v) is 10.8. The Morgan fingerprint density at radius 2 is 2.33 bits per heavy atom. The Hall–Kier alpha value is -1.59. The van der Waals surface area contributed by atoms with E-state index >= 15 is 0 Å². The number of hydrogen-bond donors (Lipinski definition) is 1. The molecule has 18 heavy (non-hydrogen) atoms. The van der Waals surface area contributed by atoms with Gasteiger partial charge in [-0.2, -0.15) is 0 Å². The Bertz CT molecular complexity index is 514. The lowest BCUT2D eigenvalue weighted by Gasteiger charge is -2.13. The van der Waals surface area contributed by atoms with Crippen LogP contribution in [0.3, 0.4) is 0 Å². The molecule has 0 fully saturated rings. The maximum Gasteiger partial charge on any atom is 0.120 e. The third-order valence-corrected chi connectivity index (χ3v) is 2.79. The summed E-state index contributed by atoms with van der Waals surface area (Å²) < 4.78 is 7.35. The van der Waals surface area contributed by atoms with Gasteiger partial charge in [-0.1, -0.05) is 22.9 Å². The molecule has 2 aromatic rings. The van der Waals surface area contributed by atoms with E-state index in [1.165, 1.54) is 0 Å². The van der Waals surface area contributed by atoms with Gasteiger partial charge < -0.3 is 10.5 Å². The second-order valence-electron chi connectivity index (χ2n) is 3.85. The van der Waals surface area contributed by atoms with Crippen molar-refractivity contribution in [3.63, 3.8) is 0 Å². The minimum atomic E-state index is -0.265. The first-order valence-electron chi connectivity index (χ1n) is 5.73. The summed E-state index contributed by atoms with van der Waals surface area (Å²) in [5.41, 5.74) is 6.90. The molecular weight excluding hydrogens is 252 g/mol. The van der Waals surface area contributed by atoms with Gasteiger partial charge in [0.05, 0.1) is 17.9 Å². The monoisotopic (exact) mass is 266 g/mol. The quantitative estimate of drug-likeness (QED) is 0.899. The third-order valence-electron chi connectivity index (χ3n) is 2.55. The predicted octanol–water partition coefficient (Wildman–Crippen LogP) is 2.03. The first-order valence-corrected chi connectivity index (χ1v) is 6.11. The molecule has 1 aromatic carbocycles. The van der Waals surface area contributed by atoms with Crippen LogP contribution in [0.1, 0.15) is 18.7 Å². The van der Waals surface area contributed by atoms with Gasteiger partial charge >= 0.3 is 0 Å². The van der Waals surface area contributed by atoms with Gasteiger partial charge in [-0.25, -0.2) is 4.68 Å². The molecule has 2 rings (SSSR count). The predicted molar refractivity (Wildman–Crippen MR) is 69.6 cm³/mol. The Kier molecular flexibility index (Phi) is 4.17. The molecule has 1 unspecified atom stereocenters. The molecule has 1 aromatic heterocycles. The first kappa shape index (κ1) is 12.9. The SMILES string of the molecule is CCn1nncc1C(N)COc1cccc(Cl)c1. The summed E-state index contributed by atoms with van der Waals surface area (Å²) in [6.07, 6.45) is 1.66. The van der Waals surface area contributed by atoms with E-state index < -0.39 is 0 Å². The van der Waals surface area contributed by atoms with Gasteiger partial charge in [-0.3, -0.25) is 0 Å². The molecule has 0 saturated heterocycles. The van der Waals surface area contributed by atoms with Crippen LogP contribution in [0, 0.1) is 0 Å². The van der Waals surface area contributed by atoms with Crippen LogP contribution in [0.2, 0.25) is 5.02 Å². The maximum atomic E-state index is 6.04. The second-order valence-corrected chi connectivity index (χ2v) is 4.29. The fourth-order valence-corrected chi connectivity index (χ4v) is 1.81. The van der Waals surface area contributed by atoms with Crippen molar-refractivity contribution in [3.05, 3.63) is 41.2 Å². The van der Waals surface area contributed by atoms with Crippen LogP contribution in [0.5, 0.6) is 5.75 Å². The zero-order valence-electron chi connectivity index (χ0n) is 10.1. The molecule has 0 saturated carbocycles. The molecule has 0 amide bonds. The Labute approximate surface area is 111 Å². The number of ether oxygens (including phenoxy) is 1. The first-order chi connectivity index (χ1) is 8.70. The maximum absolute atomic E-state index is 6.04. The molecule has 96 valence electrons. The molecule has 1 heterocycles. The minimum absolute atomic E-state index is 0.265. The normalized spacial score (nSPS) is 12.4. The van der Waals surface area contributed by atoms with Gasteiger partial charge in [0.2, 0.25) is 0 Å². The van der Waals surface area contributed by atoms with Crippen LogP contribution >= 0.6 is 11.6 Å². The van der Waals surface area contributed by atoms with E-state index in [1.54, 1.807) is 23.0 Å². The fourth-order valence-electron chi connectivity index (χ4n) is 1.63. The average molecular weight is 267 g/mol. The van der Waals surface area contributed by atoms with Crippen LogP contribution in [0.25, 0.3) is 0 Å². The summed E-state index contributed by atoms with van der Waals surface area (Å²) in [6, 6.07) is 6.96. The van der Waals surface area contributed by atoms with Crippen LogP contribution in [0.4, 0.5) is 0 Å². The van der Waals surface area contributed by atoms with E-state index in [9.17, 15) is 0 Å². The van der Waals surface area contributed by atoms with E-state index in [0.717, 1.165) is 12.2 Å². The summed E-state index contributed by atoms with van der Waals surface area (Å²) in [7, 11) is 0. The molecule has 2 N–H and O–H groups in total. The fraction of sp³-hybridized carbons (Fsp3) is 0.333. The van der Waals surface area contributed by atoms with Crippen molar-refractivity contribution < 1.29 is 4.74 Å². The third kappa shape index (κ3) is 3.00. The smallest absolute Gasteiger partial charge is 0.120 e. The Balaban J connectivity index is 1.98. The van der Waals surface area contributed by atoms with Crippen molar-refractivity contribution in [1.82, 2.24) is 15.0 Å². The van der Waals surface area contributed by atoms with Crippen molar-refractivity contribution >= 4 is 11.6 Å². The average Bonchev–Trinajstić information content (AvgIpc) is 2.84. The van der Waals surface area contributed by atoms with Crippen molar-refractivity contribution in [2.24, 2.45) is 5.73 Å². The summed E-state index contributed by atoms with van der Waals surface area (Å²) in [6.45, 7) is 3.08. The van der Waals surface area contributed by atoms with E-state index in [-0.39, 0.29) is 6.04 Å². The topological polar surface area (TPSA) is 66.0 Å². The lowest BCUT2D eigenvalue weighted by Crippen LogP contribution is -2.22. The van der Waals surface area contributed by atoms with E-state index in [2.05, 4.69) is 10.3 Å². The van der Waals surface area contributed by atoms with Crippen molar-refractivity contribution in [3.8, 4) is 5.75 Å². The molecule has 0 aliphatic carbocycles. The summed E-state index contributed by atoms with van der Waals surface area (Å²) in [5, 5.41) is 8.41. The van der Waals surface area contributed by atoms with Gasteiger partial charge in [0.15, 0.2) is 0 Å². The van der Waals surface area contributed by atoms with E-state index in [0.29, 0.717) is 17.4 Å². The molecule has 1 atom stereocenters. The Morgan fingerprint density at radius 3 is 3.06 bits per heavy atom. The highest BCUT2D eigenvalue weighted by Gasteiger charge is 2.12. The van der Waals surface area contributed by atoms with Crippen molar-refractivity contribution in [2.75, 3.05) is 6.61 Å². The number of rotatable bonds is 5. The van der Waals surface area contributed by atoms with Crippen LogP contribution in [0.15, 0.2) is 30.5 Å². The molecule has 0 aliphatic rings. The molecular formula is C12H15ClN4O. The summed E-state index contributed by atoms with van der Waals surface area (Å²) in [4.78, 5) is 0. The standard InChI is InChI=1S/C12H15ClN4O/c1-2-17-12(7-15-16-17)11(14)8-18-10-5-3-4-9(13)6-10/h3-7,11H,2,8,14H2,1H3. The van der Waals surface area contributed by atoms with Crippen molar-refractivity contribution in [2.45, 2.75) is 19.5 Å². The van der Waals surface area contributed by atoms with E-state index in [1.807, 2.05) is 19.1 Å². The number of aryl methyl sites for hydroxylation is 1. The number of nitrogens with zero attached hydrogens (tertiary/aromatic N) is 3. The molecule has 5 nitrogen and oxygen atoms in total. The number of hydrogen-bond acceptors (Lipinski definition) is 4. The molecule has 0 bridgehead atoms. The van der Waals surface area contributed by atoms with Gasteiger partial charge in [0, 0.05) is 11.6 Å². The van der Waals surface area contributed by atoms with Crippen LogP contribution in [-0.4, -0.2) is 21.6 Å². The van der Waals surface area contributed by atoms with Gasteiger partial charge in [0.25, 0.3) is 0 Å². The van der Waals surface area contributed by atoms with Gasteiger partial charge in [-0.15, -0.1) is 5.10 Å². The van der Waals surface area contributed by atoms with Crippen molar-refractivity contribution in [1.29, 1.82) is 0 Å². The number of nitrogens with two attached hydrogens (primary N) is 1. The number of aromatic nitrogens is 3. The largest absolute Gasteiger partial charge is 0.492 e. The lowest BCUT2D eigenvalue weighted by atomic mass is 10.2. The van der Waals surface area contributed by atoms with Crippen LogP contribution < -0.4 is 10.5 Å². The van der Waals surface area contributed by atoms with Gasteiger partial charge in [-0.05, 0) is 25.1 Å². The lowest BCUT2D eigenvalue weighted by molar-refractivity contribution is 0.284. The molecule has 0 aliphatic heterocycles. The van der Waals surface area contributed by atoms with Crippen LogP contribution in [-0.2, 0) is 6.54 Å². The molecule has 6 heteroatoms. The number of halogens is 1. The Morgan fingerprint density at radius 1 is 1.50 bits per heavy atom. The highest BCUT2D eigenvalue weighted by atomic mass is 35.5. The highest BCUT2D eigenvalue weighted by molar-refractivity contribution is 6.30. The van der Waals surface area contributed by atoms with Gasteiger partial charge in [0.1, 0.15) is 12.4 Å². The molecule has 0 spiro atoms. The highest BCUT2D eigenvalue weighted by Crippen LogP contribution is 2.18. The molecule has 0 radical (unpaired) electrons. The minimum Gasteiger partial charge on any atom is -0.492 e. The second kappa shape index (κ2) is 5.84. The summed E-state index contributed by atoms with van der Waals surface area (Å²) >= 11 is 5.87.